The maximum Gasteiger partial charge on any atom is 0.247 e. The molecule has 1 atom stereocenters. The van der Waals surface area contributed by atoms with Crippen molar-refractivity contribution in [3.63, 3.8) is 0 Å². The summed E-state index contributed by atoms with van der Waals surface area (Å²) < 4.78 is 11.3. The molecule has 0 unspecified atom stereocenters. The minimum atomic E-state index is 0.275. The zero-order valence-corrected chi connectivity index (χ0v) is 14.8. The molecule has 0 aliphatic carbocycles. The Balaban J connectivity index is 1.44. The number of ether oxygens (including phenoxy) is 1. The van der Waals surface area contributed by atoms with E-state index >= 15 is 0 Å². The lowest BCUT2D eigenvalue weighted by Gasteiger charge is -2.31. The Bertz CT molecular complexity index is 850. The fraction of sp³-hybridized carbons (Fsp3) is 0.350. The van der Waals surface area contributed by atoms with E-state index in [1.54, 1.807) is 19.5 Å². The first-order chi connectivity index (χ1) is 12.8. The summed E-state index contributed by atoms with van der Waals surface area (Å²) in [5.74, 6) is 2.46. The highest BCUT2D eigenvalue weighted by Gasteiger charge is 2.26. The van der Waals surface area contributed by atoms with Gasteiger partial charge in [-0.15, -0.1) is 10.2 Å². The van der Waals surface area contributed by atoms with Crippen LogP contribution in [-0.4, -0.2) is 40.3 Å². The molecular weight excluding hydrogens is 328 g/mol. The molecule has 3 aromatic rings. The molecule has 6 heteroatoms. The Morgan fingerprint density at radius 1 is 1.19 bits per heavy atom. The van der Waals surface area contributed by atoms with E-state index in [9.17, 15) is 0 Å². The van der Waals surface area contributed by atoms with Gasteiger partial charge in [-0.1, -0.05) is 12.1 Å². The second kappa shape index (κ2) is 7.66. The third kappa shape index (κ3) is 3.75. The van der Waals surface area contributed by atoms with E-state index in [1.165, 1.54) is 5.56 Å². The van der Waals surface area contributed by atoms with Crippen molar-refractivity contribution in [1.82, 2.24) is 20.1 Å². The topological polar surface area (TPSA) is 64.3 Å². The average molecular weight is 350 g/mol. The van der Waals surface area contributed by atoms with Crippen molar-refractivity contribution >= 4 is 0 Å². The monoisotopic (exact) mass is 350 g/mol. The van der Waals surface area contributed by atoms with Crippen LogP contribution in [0.1, 0.15) is 30.2 Å². The van der Waals surface area contributed by atoms with Gasteiger partial charge in [-0.2, -0.15) is 0 Å². The van der Waals surface area contributed by atoms with E-state index in [4.69, 9.17) is 9.15 Å². The molecule has 6 nitrogen and oxygen atoms in total. The Morgan fingerprint density at radius 2 is 2.08 bits per heavy atom. The molecular formula is C20H22N4O2. The van der Waals surface area contributed by atoms with Gasteiger partial charge in [0.15, 0.2) is 0 Å². The molecule has 1 aromatic carbocycles. The molecule has 0 N–H and O–H groups in total. The van der Waals surface area contributed by atoms with Crippen LogP contribution in [0, 0.1) is 0 Å². The molecule has 0 bridgehead atoms. The molecule has 134 valence electrons. The molecule has 0 amide bonds. The lowest BCUT2D eigenvalue weighted by Crippen LogP contribution is -2.34. The predicted octanol–water partition coefficient (Wildman–Crippen LogP) is 3.52. The third-order valence-corrected chi connectivity index (χ3v) is 4.76. The summed E-state index contributed by atoms with van der Waals surface area (Å²) in [6.07, 6.45) is 5.67. The SMILES string of the molecule is COc1cccc(CN2CCC[C@H](c3nnc(-c4ccncc4)o3)C2)c1. The minimum absolute atomic E-state index is 0.275. The van der Waals surface area contributed by atoms with Crippen molar-refractivity contribution in [2.24, 2.45) is 0 Å². The van der Waals surface area contributed by atoms with Gasteiger partial charge in [0.2, 0.25) is 11.8 Å². The summed E-state index contributed by atoms with van der Waals surface area (Å²) >= 11 is 0. The second-order valence-corrected chi connectivity index (χ2v) is 6.61. The van der Waals surface area contributed by atoms with E-state index in [1.807, 2.05) is 24.3 Å². The molecule has 3 heterocycles. The van der Waals surface area contributed by atoms with E-state index in [2.05, 4.69) is 32.2 Å². The van der Waals surface area contributed by atoms with E-state index in [0.717, 1.165) is 49.7 Å². The van der Waals surface area contributed by atoms with Gasteiger partial charge in [-0.3, -0.25) is 9.88 Å². The quantitative estimate of drug-likeness (QED) is 0.701. The van der Waals surface area contributed by atoms with Gasteiger partial charge in [-0.25, -0.2) is 0 Å². The van der Waals surface area contributed by atoms with Gasteiger partial charge < -0.3 is 9.15 Å². The zero-order chi connectivity index (χ0) is 17.8. The maximum atomic E-state index is 5.95. The van der Waals surface area contributed by atoms with Gasteiger partial charge in [0.05, 0.1) is 13.0 Å². The Labute approximate surface area is 152 Å². The standard InChI is InChI=1S/C20H22N4O2/c1-25-18-6-2-4-15(12-18)13-24-11-3-5-17(14-24)20-23-22-19(26-20)16-7-9-21-10-8-16/h2,4,6-10,12,17H,3,5,11,13-14H2,1H3/t17-/m0/s1. The number of methoxy groups -OCH3 is 1. The van der Waals surface area contributed by atoms with Gasteiger partial charge in [0.1, 0.15) is 5.75 Å². The number of piperidine rings is 1. The van der Waals surface area contributed by atoms with Crippen LogP contribution in [0.15, 0.2) is 53.2 Å². The van der Waals surface area contributed by atoms with Crippen molar-refractivity contribution in [1.29, 1.82) is 0 Å². The summed E-state index contributed by atoms with van der Waals surface area (Å²) in [5, 5.41) is 8.52. The number of benzene rings is 1. The number of aromatic nitrogens is 3. The number of pyridine rings is 1. The highest BCUT2D eigenvalue weighted by molar-refractivity contribution is 5.50. The van der Waals surface area contributed by atoms with Crippen LogP contribution >= 0.6 is 0 Å². The molecule has 0 saturated carbocycles. The van der Waals surface area contributed by atoms with Crippen molar-refractivity contribution in [3.8, 4) is 17.2 Å². The fourth-order valence-corrected chi connectivity index (χ4v) is 3.44. The summed E-state index contributed by atoms with van der Waals surface area (Å²) in [7, 11) is 1.70. The summed E-state index contributed by atoms with van der Waals surface area (Å²) in [5.41, 5.74) is 2.16. The first-order valence-corrected chi connectivity index (χ1v) is 8.91. The molecule has 1 saturated heterocycles. The maximum absolute atomic E-state index is 5.95. The molecule has 0 spiro atoms. The van der Waals surface area contributed by atoms with E-state index in [-0.39, 0.29) is 5.92 Å². The minimum Gasteiger partial charge on any atom is -0.497 e. The molecule has 2 aromatic heterocycles. The second-order valence-electron chi connectivity index (χ2n) is 6.61. The van der Waals surface area contributed by atoms with Crippen LogP contribution in [0.2, 0.25) is 0 Å². The first kappa shape index (κ1) is 16.7. The number of hydrogen-bond donors (Lipinski definition) is 0. The summed E-state index contributed by atoms with van der Waals surface area (Å²) in [6, 6.07) is 12.0. The number of likely N-dealkylation sites (tertiary alicyclic amines) is 1. The summed E-state index contributed by atoms with van der Waals surface area (Å²) in [6.45, 7) is 2.91. The van der Waals surface area contributed by atoms with Crippen molar-refractivity contribution in [2.45, 2.75) is 25.3 Å². The highest BCUT2D eigenvalue weighted by atomic mass is 16.5. The molecule has 1 aliphatic rings. The Kier molecular flexibility index (Phi) is 4.93. The van der Waals surface area contributed by atoms with Gasteiger partial charge in [-0.05, 0) is 49.2 Å². The lowest BCUT2D eigenvalue weighted by molar-refractivity contribution is 0.186. The summed E-state index contributed by atoms with van der Waals surface area (Å²) in [4.78, 5) is 6.47. The van der Waals surface area contributed by atoms with E-state index < -0.39 is 0 Å². The number of rotatable bonds is 5. The number of nitrogens with zero attached hydrogens (tertiary/aromatic N) is 4. The largest absolute Gasteiger partial charge is 0.497 e. The normalized spacial score (nSPS) is 18.0. The van der Waals surface area contributed by atoms with Gasteiger partial charge >= 0.3 is 0 Å². The highest BCUT2D eigenvalue weighted by Crippen LogP contribution is 2.29. The van der Waals surface area contributed by atoms with Crippen molar-refractivity contribution in [3.05, 3.63) is 60.2 Å². The van der Waals surface area contributed by atoms with Crippen molar-refractivity contribution < 1.29 is 9.15 Å². The Morgan fingerprint density at radius 3 is 2.92 bits per heavy atom. The van der Waals surface area contributed by atoms with Crippen LogP contribution in [0.3, 0.4) is 0 Å². The van der Waals surface area contributed by atoms with E-state index in [0.29, 0.717) is 5.89 Å². The molecule has 1 fully saturated rings. The average Bonchev–Trinajstić information content (AvgIpc) is 3.19. The van der Waals surface area contributed by atoms with Crippen LogP contribution in [-0.2, 0) is 6.54 Å². The predicted molar refractivity (Wildman–Crippen MR) is 97.8 cm³/mol. The van der Waals surface area contributed by atoms with Crippen LogP contribution in [0.5, 0.6) is 5.75 Å². The smallest absolute Gasteiger partial charge is 0.247 e. The van der Waals surface area contributed by atoms with Crippen LogP contribution in [0.4, 0.5) is 0 Å². The Hall–Kier alpha value is -2.73. The third-order valence-electron chi connectivity index (χ3n) is 4.76. The number of hydrogen-bond acceptors (Lipinski definition) is 6. The van der Waals surface area contributed by atoms with Gasteiger partial charge in [0, 0.05) is 31.0 Å². The molecule has 1 aliphatic heterocycles. The van der Waals surface area contributed by atoms with Crippen LogP contribution < -0.4 is 4.74 Å². The van der Waals surface area contributed by atoms with Gasteiger partial charge in [0.25, 0.3) is 0 Å². The zero-order valence-electron chi connectivity index (χ0n) is 14.8. The molecule has 4 rings (SSSR count). The van der Waals surface area contributed by atoms with Crippen molar-refractivity contribution in [2.75, 3.05) is 20.2 Å². The molecule has 26 heavy (non-hydrogen) atoms. The van der Waals surface area contributed by atoms with Crippen LogP contribution in [0.25, 0.3) is 11.5 Å². The molecule has 0 radical (unpaired) electrons. The first-order valence-electron chi connectivity index (χ1n) is 8.91. The lowest BCUT2D eigenvalue weighted by atomic mass is 9.97. The fourth-order valence-electron chi connectivity index (χ4n) is 3.44.